The quantitative estimate of drug-likeness (QED) is 0.472. The van der Waals surface area contributed by atoms with Gasteiger partial charge in [-0.2, -0.15) is 9.78 Å². The molecule has 1 heterocycles. The van der Waals surface area contributed by atoms with Crippen LogP contribution in [0.3, 0.4) is 0 Å². The number of para-hydroxylation sites is 2. The first kappa shape index (κ1) is 18.8. The summed E-state index contributed by atoms with van der Waals surface area (Å²) in [4.78, 5) is 0. The summed E-state index contributed by atoms with van der Waals surface area (Å²) < 4.78 is 12.7. The number of ether oxygens (including phenoxy) is 2. The van der Waals surface area contributed by atoms with Crippen molar-refractivity contribution in [2.45, 2.75) is 18.7 Å². The van der Waals surface area contributed by atoms with Crippen molar-refractivity contribution in [3.05, 3.63) is 59.9 Å². The average Bonchev–Trinajstić information content (AvgIpc) is 3.10. The van der Waals surface area contributed by atoms with Crippen LogP contribution in [0.1, 0.15) is 18.3 Å². The molecule has 3 aromatic rings. The highest BCUT2D eigenvalue weighted by molar-refractivity contribution is 7.98. The molecule has 0 aliphatic rings. The molecule has 2 aromatic carbocycles. The molecule has 27 heavy (non-hydrogen) atoms. The van der Waals surface area contributed by atoms with Gasteiger partial charge in [0.2, 0.25) is 5.16 Å². The van der Waals surface area contributed by atoms with Gasteiger partial charge in [0, 0.05) is 5.56 Å². The number of phenols is 1. The van der Waals surface area contributed by atoms with Crippen molar-refractivity contribution in [1.29, 1.82) is 0 Å². The first-order chi connectivity index (χ1) is 13.2. The highest BCUT2D eigenvalue weighted by Gasteiger charge is 2.12. The molecule has 0 aliphatic heterocycles. The van der Waals surface area contributed by atoms with Crippen molar-refractivity contribution in [3.63, 3.8) is 0 Å². The van der Waals surface area contributed by atoms with Crippen LogP contribution in [0.2, 0.25) is 0 Å². The predicted molar refractivity (Wildman–Crippen MR) is 105 cm³/mol. The maximum atomic E-state index is 10.3. The lowest BCUT2D eigenvalue weighted by molar-refractivity contribution is 0.290. The van der Waals surface area contributed by atoms with Gasteiger partial charge in [0.05, 0.1) is 12.8 Å². The SMILES string of the molecule is CCOc1cccc(/C=N\n2c(COc3ccccc3)nnc2SC)c1O. The molecular weight excluding hydrogens is 364 g/mol. The molecule has 0 atom stereocenters. The third-order valence-electron chi connectivity index (χ3n) is 3.61. The summed E-state index contributed by atoms with van der Waals surface area (Å²) in [6.45, 7) is 2.55. The third-order valence-corrected chi connectivity index (χ3v) is 4.23. The zero-order valence-electron chi connectivity index (χ0n) is 15.1. The molecule has 0 saturated heterocycles. The van der Waals surface area contributed by atoms with Crippen LogP contribution in [0, 0.1) is 0 Å². The van der Waals surface area contributed by atoms with Gasteiger partial charge in [0.15, 0.2) is 17.3 Å². The average molecular weight is 384 g/mol. The summed E-state index contributed by atoms with van der Waals surface area (Å²) >= 11 is 1.42. The normalized spacial score (nSPS) is 11.0. The molecule has 0 saturated carbocycles. The summed E-state index contributed by atoms with van der Waals surface area (Å²) in [5, 5.41) is 23.6. The molecule has 0 spiro atoms. The molecule has 0 radical (unpaired) electrons. The highest BCUT2D eigenvalue weighted by Crippen LogP contribution is 2.28. The van der Waals surface area contributed by atoms with Gasteiger partial charge < -0.3 is 14.6 Å². The summed E-state index contributed by atoms with van der Waals surface area (Å²) in [6, 6.07) is 14.7. The smallest absolute Gasteiger partial charge is 0.211 e. The maximum absolute atomic E-state index is 10.3. The fourth-order valence-electron chi connectivity index (χ4n) is 2.33. The van der Waals surface area contributed by atoms with Crippen LogP contribution >= 0.6 is 11.8 Å². The van der Waals surface area contributed by atoms with E-state index < -0.39 is 0 Å². The minimum Gasteiger partial charge on any atom is -0.504 e. The van der Waals surface area contributed by atoms with E-state index in [1.54, 1.807) is 29.1 Å². The van der Waals surface area contributed by atoms with Crippen LogP contribution in [0.4, 0.5) is 0 Å². The minimum atomic E-state index is 0.0453. The van der Waals surface area contributed by atoms with Crippen molar-refractivity contribution in [2.75, 3.05) is 12.9 Å². The second kappa shape index (κ2) is 9.09. The fraction of sp³-hybridized carbons (Fsp3) is 0.211. The van der Waals surface area contributed by atoms with Crippen LogP contribution in [0.5, 0.6) is 17.2 Å². The number of rotatable bonds is 8. The van der Waals surface area contributed by atoms with Crippen LogP contribution in [-0.2, 0) is 6.61 Å². The molecule has 3 rings (SSSR count). The zero-order chi connectivity index (χ0) is 19.1. The van der Waals surface area contributed by atoms with E-state index in [0.717, 1.165) is 5.75 Å². The van der Waals surface area contributed by atoms with E-state index in [0.29, 0.717) is 28.9 Å². The molecule has 0 bridgehead atoms. The van der Waals surface area contributed by atoms with Gasteiger partial charge in [-0.1, -0.05) is 36.0 Å². The molecular formula is C19H20N4O3S. The van der Waals surface area contributed by atoms with E-state index in [2.05, 4.69) is 15.3 Å². The molecule has 1 aromatic heterocycles. The number of hydrogen-bond donors (Lipinski definition) is 1. The lowest BCUT2D eigenvalue weighted by atomic mass is 10.2. The Labute approximate surface area is 161 Å². The van der Waals surface area contributed by atoms with Crippen LogP contribution < -0.4 is 9.47 Å². The van der Waals surface area contributed by atoms with Crippen molar-refractivity contribution < 1.29 is 14.6 Å². The second-order valence-electron chi connectivity index (χ2n) is 5.39. The van der Waals surface area contributed by atoms with Crippen molar-refractivity contribution in [2.24, 2.45) is 5.10 Å². The number of aromatic hydroxyl groups is 1. The summed E-state index contributed by atoms with van der Waals surface area (Å²) in [5.74, 6) is 1.76. The van der Waals surface area contributed by atoms with Crippen molar-refractivity contribution in [3.8, 4) is 17.2 Å². The van der Waals surface area contributed by atoms with Crippen LogP contribution in [-0.4, -0.2) is 39.1 Å². The largest absolute Gasteiger partial charge is 0.504 e. The van der Waals surface area contributed by atoms with E-state index in [-0.39, 0.29) is 12.4 Å². The number of thioether (sulfide) groups is 1. The van der Waals surface area contributed by atoms with E-state index in [1.165, 1.54) is 11.8 Å². The Morgan fingerprint density at radius 3 is 2.67 bits per heavy atom. The number of benzene rings is 2. The Hall–Kier alpha value is -3.00. The predicted octanol–water partition coefficient (Wildman–Crippen LogP) is 3.57. The number of nitrogens with zero attached hydrogens (tertiary/aromatic N) is 4. The van der Waals surface area contributed by atoms with Crippen molar-refractivity contribution in [1.82, 2.24) is 14.9 Å². The lowest BCUT2D eigenvalue weighted by Crippen LogP contribution is -2.05. The zero-order valence-corrected chi connectivity index (χ0v) is 15.9. The molecule has 0 aliphatic carbocycles. The van der Waals surface area contributed by atoms with Gasteiger partial charge in [-0.05, 0) is 37.4 Å². The van der Waals surface area contributed by atoms with Crippen LogP contribution in [0.15, 0.2) is 58.8 Å². The van der Waals surface area contributed by atoms with Gasteiger partial charge in [-0.25, -0.2) is 0 Å². The number of phenolic OH excluding ortho intramolecular Hbond substituents is 1. The molecule has 8 heteroatoms. The molecule has 0 fully saturated rings. The minimum absolute atomic E-state index is 0.0453. The topological polar surface area (TPSA) is 81.8 Å². The van der Waals surface area contributed by atoms with Crippen molar-refractivity contribution >= 4 is 18.0 Å². The van der Waals surface area contributed by atoms with E-state index in [1.807, 2.05) is 43.5 Å². The lowest BCUT2D eigenvalue weighted by Gasteiger charge is -2.08. The molecule has 140 valence electrons. The maximum Gasteiger partial charge on any atom is 0.211 e. The molecule has 0 amide bonds. The Morgan fingerprint density at radius 1 is 1.11 bits per heavy atom. The summed E-state index contributed by atoms with van der Waals surface area (Å²) in [7, 11) is 0. The highest BCUT2D eigenvalue weighted by atomic mass is 32.2. The number of hydrogen-bond acceptors (Lipinski definition) is 7. The van der Waals surface area contributed by atoms with Crippen LogP contribution in [0.25, 0.3) is 0 Å². The number of aromatic nitrogens is 3. The molecule has 1 N–H and O–H groups in total. The monoisotopic (exact) mass is 384 g/mol. The van der Waals surface area contributed by atoms with Gasteiger partial charge >= 0.3 is 0 Å². The molecule has 0 unspecified atom stereocenters. The second-order valence-corrected chi connectivity index (χ2v) is 6.16. The Balaban J connectivity index is 1.82. The Kier molecular flexibility index (Phi) is 6.32. The summed E-state index contributed by atoms with van der Waals surface area (Å²) in [5.41, 5.74) is 0.539. The Bertz CT molecular complexity index is 913. The first-order valence-corrected chi connectivity index (χ1v) is 9.60. The standard InChI is InChI=1S/C19H20N4O3S/c1-3-25-16-11-7-8-14(18(16)24)12-20-23-17(21-22-19(23)27-2)13-26-15-9-5-4-6-10-15/h4-12,24H,3,13H2,1-2H3/b20-12-. The van der Waals surface area contributed by atoms with Gasteiger partial charge in [-0.15, -0.1) is 10.2 Å². The first-order valence-electron chi connectivity index (χ1n) is 8.38. The van der Waals surface area contributed by atoms with E-state index in [4.69, 9.17) is 9.47 Å². The fourth-order valence-corrected chi connectivity index (χ4v) is 2.78. The van der Waals surface area contributed by atoms with Gasteiger partial charge in [0.1, 0.15) is 12.4 Å². The molecule has 7 nitrogen and oxygen atoms in total. The Morgan fingerprint density at radius 2 is 1.93 bits per heavy atom. The van der Waals surface area contributed by atoms with E-state index in [9.17, 15) is 5.11 Å². The van der Waals surface area contributed by atoms with E-state index >= 15 is 0 Å². The van der Waals surface area contributed by atoms with Gasteiger partial charge in [0.25, 0.3) is 0 Å². The third kappa shape index (κ3) is 4.59. The van der Waals surface area contributed by atoms with Gasteiger partial charge in [-0.3, -0.25) is 0 Å². The summed E-state index contributed by atoms with van der Waals surface area (Å²) in [6.07, 6.45) is 3.44.